The third-order valence-corrected chi connectivity index (χ3v) is 2.89. The Balaban J connectivity index is 2.29. The number of carboxylic acids is 1. The van der Waals surface area contributed by atoms with Gasteiger partial charge in [-0.25, -0.2) is 9.48 Å². The maximum atomic E-state index is 11.0. The van der Waals surface area contributed by atoms with E-state index < -0.39 is 5.97 Å². The van der Waals surface area contributed by atoms with Crippen LogP contribution in [0.4, 0.5) is 0 Å². The number of ether oxygens (including phenoxy) is 1. The Morgan fingerprint density at radius 1 is 1.69 bits per heavy atom. The monoisotopic (exact) mass is 224 g/mol. The molecule has 5 heteroatoms. The van der Waals surface area contributed by atoms with Crippen LogP contribution in [0.2, 0.25) is 0 Å². The Bertz CT molecular complexity index is 381. The molecule has 1 N–H and O–H groups in total. The number of carbonyl (C=O) groups is 1. The maximum absolute atomic E-state index is 11.0. The second kappa shape index (κ2) is 4.65. The van der Waals surface area contributed by atoms with Gasteiger partial charge in [0.1, 0.15) is 11.8 Å². The van der Waals surface area contributed by atoms with Gasteiger partial charge in [0.25, 0.3) is 0 Å². The average molecular weight is 224 g/mol. The molecule has 1 aliphatic rings. The molecule has 0 spiro atoms. The number of rotatable bonds is 3. The van der Waals surface area contributed by atoms with E-state index in [1.807, 2.05) is 6.92 Å². The number of carboxylic acid groups (broad SMARTS) is 1. The second-order valence-corrected chi connectivity index (χ2v) is 3.93. The molecular weight excluding hydrogens is 208 g/mol. The highest BCUT2D eigenvalue weighted by Gasteiger charge is 2.22. The number of nitrogens with zero attached hydrogens (tertiary/aromatic N) is 2. The summed E-state index contributed by atoms with van der Waals surface area (Å²) in [7, 11) is 0. The van der Waals surface area contributed by atoms with E-state index in [1.54, 1.807) is 4.68 Å². The quantitative estimate of drug-likeness (QED) is 0.850. The fraction of sp³-hybridized carbons (Fsp3) is 0.636. The highest BCUT2D eigenvalue weighted by atomic mass is 16.5. The van der Waals surface area contributed by atoms with Gasteiger partial charge >= 0.3 is 5.97 Å². The zero-order chi connectivity index (χ0) is 11.5. The number of aromatic nitrogens is 2. The summed E-state index contributed by atoms with van der Waals surface area (Å²) in [5.41, 5.74) is 1.04. The Kier molecular flexibility index (Phi) is 3.24. The van der Waals surface area contributed by atoms with Crippen LogP contribution in [0.5, 0.6) is 0 Å². The lowest BCUT2D eigenvalue weighted by atomic mass is 10.1. The van der Waals surface area contributed by atoms with E-state index in [0.29, 0.717) is 6.42 Å². The van der Waals surface area contributed by atoms with Gasteiger partial charge in [0.15, 0.2) is 0 Å². The van der Waals surface area contributed by atoms with Crippen molar-refractivity contribution in [3.63, 3.8) is 0 Å². The lowest BCUT2D eigenvalue weighted by Gasteiger charge is -2.24. The van der Waals surface area contributed by atoms with Crippen molar-refractivity contribution in [2.45, 2.75) is 38.8 Å². The summed E-state index contributed by atoms with van der Waals surface area (Å²) in [5, 5.41) is 13.2. The van der Waals surface area contributed by atoms with Crippen LogP contribution in [-0.2, 0) is 11.2 Å². The van der Waals surface area contributed by atoms with Crippen molar-refractivity contribution >= 4 is 5.97 Å². The van der Waals surface area contributed by atoms with E-state index in [-0.39, 0.29) is 11.8 Å². The van der Waals surface area contributed by atoms with Crippen LogP contribution < -0.4 is 0 Å². The SMILES string of the molecule is CCc1c(C(=O)O)cnn1C1CCCCO1. The molecule has 1 aromatic heterocycles. The lowest BCUT2D eigenvalue weighted by molar-refractivity contribution is -0.0410. The standard InChI is InChI=1S/C11H16N2O3/c1-2-9-8(11(14)15)7-12-13(9)10-5-3-4-6-16-10/h7,10H,2-6H2,1H3,(H,14,15). The van der Waals surface area contributed by atoms with Crippen LogP contribution in [-0.4, -0.2) is 27.5 Å². The van der Waals surface area contributed by atoms with Crippen molar-refractivity contribution in [1.82, 2.24) is 9.78 Å². The molecule has 5 nitrogen and oxygen atoms in total. The number of hydrogen-bond donors (Lipinski definition) is 1. The second-order valence-electron chi connectivity index (χ2n) is 3.93. The summed E-state index contributed by atoms with van der Waals surface area (Å²) in [6, 6.07) is 0. The fourth-order valence-corrected chi connectivity index (χ4v) is 2.08. The molecule has 1 aliphatic heterocycles. The Labute approximate surface area is 94.0 Å². The predicted octanol–water partition coefficient (Wildman–Crippen LogP) is 1.84. The number of aromatic carboxylic acids is 1. The summed E-state index contributed by atoms with van der Waals surface area (Å²) in [5.74, 6) is -0.918. The summed E-state index contributed by atoms with van der Waals surface area (Å²) in [6.07, 6.45) is 5.08. The molecule has 2 rings (SSSR count). The third kappa shape index (κ3) is 1.95. The first-order valence-corrected chi connectivity index (χ1v) is 5.65. The molecule has 1 fully saturated rings. The Morgan fingerprint density at radius 3 is 3.06 bits per heavy atom. The van der Waals surface area contributed by atoms with Gasteiger partial charge in [0.05, 0.1) is 11.9 Å². The van der Waals surface area contributed by atoms with Crippen LogP contribution in [0.15, 0.2) is 6.20 Å². The minimum Gasteiger partial charge on any atom is -0.478 e. The molecule has 0 aliphatic carbocycles. The largest absolute Gasteiger partial charge is 0.478 e. The Hall–Kier alpha value is -1.36. The molecule has 0 amide bonds. The molecule has 0 bridgehead atoms. The van der Waals surface area contributed by atoms with Gasteiger partial charge in [-0.15, -0.1) is 0 Å². The molecule has 0 radical (unpaired) electrons. The van der Waals surface area contributed by atoms with Gasteiger partial charge in [-0.05, 0) is 25.7 Å². The van der Waals surface area contributed by atoms with Gasteiger partial charge < -0.3 is 9.84 Å². The van der Waals surface area contributed by atoms with Crippen LogP contribution in [0.1, 0.15) is 48.5 Å². The predicted molar refractivity (Wildman–Crippen MR) is 57.4 cm³/mol. The molecular formula is C11H16N2O3. The van der Waals surface area contributed by atoms with Crippen molar-refractivity contribution in [3.8, 4) is 0 Å². The zero-order valence-electron chi connectivity index (χ0n) is 9.35. The van der Waals surface area contributed by atoms with Crippen molar-refractivity contribution in [2.75, 3.05) is 6.61 Å². The third-order valence-electron chi connectivity index (χ3n) is 2.89. The molecule has 0 aromatic carbocycles. The normalized spacial score (nSPS) is 20.9. The van der Waals surface area contributed by atoms with E-state index in [9.17, 15) is 4.79 Å². The first-order chi connectivity index (χ1) is 7.74. The molecule has 2 heterocycles. The van der Waals surface area contributed by atoms with E-state index in [1.165, 1.54) is 6.20 Å². The molecule has 16 heavy (non-hydrogen) atoms. The molecule has 0 saturated carbocycles. The van der Waals surface area contributed by atoms with E-state index >= 15 is 0 Å². The van der Waals surface area contributed by atoms with Crippen molar-refractivity contribution in [1.29, 1.82) is 0 Å². The molecule has 1 atom stereocenters. The van der Waals surface area contributed by atoms with E-state index in [0.717, 1.165) is 31.6 Å². The molecule has 1 saturated heterocycles. The van der Waals surface area contributed by atoms with Gasteiger partial charge in [-0.2, -0.15) is 5.10 Å². The lowest BCUT2D eigenvalue weighted by Crippen LogP contribution is -2.21. The summed E-state index contributed by atoms with van der Waals surface area (Å²) in [6.45, 7) is 2.67. The maximum Gasteiger partial charge on any atom is 0.339 e. The highest BCUT2D eigenvalue weighted by molar-refractivity contribution is 5.88. The number of hydrogen-bond acceptors (Lipinski definition) is 3. The van der Waals surface area contributed by atoms with E-state index in [4.69, 9.17) is 9.84 Å². The fourth-order valence-electron chi connectivity index (χ4n) is 2.08. The summed E-state index contributed by atoms with van der Waals surface area (Å²) < 4.78 is 7.33. The van der Waals surface area contributed by atoms with Crippen molar-refractivity contribution in [2.24, 2.45) is 0 Å². The Morgan fingerprint density at radius 2 is 2.50 bits per heavy atom. The first-order valence-electron chi connectivity index (χ1n) is 5.65. The van der Waals surface area contributed by atoms with Crippen molar-refractivity contribution in [3.05, 3.63) is 17.5 Å². The molecule has 1 aromatic rings. The van der Waals surface area contributed by atoms with Crippen LogP contribution >= 0.6 is 0 Å². The minimum absolute atomic E-state index is 0.0863. The van der Waals surface area contributed by atoms with Crippen LogP contribution in [0.3, 0.4) is 0 Å². The first kappa shape index (κ1) is 11.1. The van der Waals surface area contributed by atoms with Crippen LogP contribution in [0, 0.1) is 0 Å². The van der Waals surface area contributed by atoms with Crippen molar-refractivity contribution < 1.29 is 14.6 Å². The molecule has 88 valence electrons. The summed E-state index contributed by atoms with van der Waals surface area (Å²) >= 11 is 0. The highest BCUT2D eigenvalue weighted by Crippen LogP contribution is 2.24. The zero-order valence-corrected chi connectivity index (χ0v) is 9.35. The van der Waals surface area contributed by atoms with Gasteiger partial charge in [0.2, 0.25) is 0 Å². The minimum atomic E-state index is -0.918. The van der Waals surface area contributed by atoms with E-state index in [2.05, 4.69) is 5.10 Å². The van der Waals surface area contributed by atoms with Gasteiger partial charge in [0, 0.05) is 6.61 Å². The van der Waals surface area contributed by atoms with Crippen LogP contribution in [0.25, 0.3) is 0 Å². The smallest absolute Gasteiger partial charge is 0.339 e. The van der Waals surface area contributed by atoms with Gasteiger partial charge in [-0.3, -0.25) is 0 Å². The average Bonchev–Trinajstić information content (AvgIpc) is 2.73. The summed E-state index contributed by atoms with van der Waals surface area (Å²) in [4.78, 5) is 11.0. The topological polar surface area (TPSA) is 64.3 Å². The molecule has 1 unspecified atom stereocenters. The van der Waals surface area contributed by atoms with Gasteiger partial charge in [-0.1, -0.05) is 6.92 Å².